The van der Waals surface area contributed by atoms with Crippen molar-refractivity contribution in [3.63, 3.8) is 0 Å². The summed E-state index contributed by atoms with van der Waals surface area (Å²) >= 11 is 3.07. The number of thiophene rings is 1. The molecule has 0 bridgehead atoms. The van der Waals surface area contributed by atoms with Gasteiger partial charge in [0.2, 0.25) is 0 Å². The minimum atomic E-state index is -0.238. The Morgan fingerprint density at radius 3 is 2.71 bits per heavy atom. The van der Waals surface area contributed by atoms with Gasteiger partial charge in [0.1, 0.15) is 16.5 Å². The highest BCUT2D eigenvalue weighted by atomic mass is 32.1. The first-order chi connectivity index (χ1) is 15.2. The molecule has 1 fully saturated rings. The number of likely N-dealkylation sites (tertiary alicyclic amines) is 1. The summed E-state index contributed by atoms with van der Waals surface area (Å²) in [5.41, 5.74) is 1.27. The summed E-state index contributed by atoms with van der Waals surface area (Å²) < 4.78 is 5.88. The van der Waals surface area contributed by atoms with Crippen LogP contribution in [0.1, 0.15) is 48.3 Å². The molecule has 6 nitrogen and oxygen atoms in total. The summed E-state index contributed by atoms with van der Waals surface area (Å²) in [4.78, 5) is 32.6. The van der Waals surface area contributed by atoms with E-state index in [9.17, 15) is 9.59 Å². The minimum absolute atomic E-state index is 0.00738. The van der Waals surface area contributed by atoms with Crippen LogP contribution < -0.4 is 10.1 Å². The molecule has 0 saturated carbocycles. The van der Waals surface area contributed by atoms with Gasteiger partial charge in [-0.3, -0.25) is 9.59 Å². The smallest absolute Gasteiger partial charge is 0.271 e. The molecule has 8 heteroatoms. The third kappa shape index (κ3) is 5.14. The van der Waals surface area contributed by atoms with E-state index in [1.807, 2.05) is 53.6 Å². The summed E-state index contributed by atoms with van der Waals surface area (Å²) in [5, 5.41) is 7.70. The Balaban J connectivity index is 1.44. The van der Waals surface area contributed by atoms with Crippen LogP contribution in [-0.2, 0) is 4.79 Å². The molecule has 1 atom stereocenters. The molecule has 4 rings (SSSR count). The molecule has 1 N–H and O–H groups in total. The summed E-state index contributed by atoms with van der Waals surface area (Å²) in [6.07, 6.45) is 2.79. The molecule has 3 aromatic rings. The number of amides is 2. The third-order valence-electron chi connectivity index (χ3n) is 5.29. The zero-order valence-corrected chi connectivity index (χ0v) is 19.0. The van der Waals surface area contributed by atoms with Gasteiger partial charge in [0.25, 0.3) is 11.8 Å². The van der Waals surface area contributed by atoms with Gasteiger partial charge < -0.3 is 15.0 Å². The lowest BCUT2D eigenvalue weighted by molar-refractivity contribution is -0.132. The molecular weight excluding hydrogens is 430 g/mol. The van der Waals surface area contributed by atoms with Gasteiger partial charge in [-0.25, -0.2) is 4.98 Å². The van der Waals surface area contributed by atoms with Crippen molar-refractivity contribution in [1.29, 1.82) is 0 Å². The van der Waals surface area contributed by atoms with Gasteiger partial charge in [0.15, 0.2) is 6.61 Å². The Labute approximate surface area is 189 Å². The van der Waals surface area contributed by atoms with E-state index in [4.69, 9.17) is 4.74 Å². The van der Waals surface area contributed by atoms with E-state index in [0.29, 0.717) is 17.9 Å². The molecule has 3 heterocycles. The number of ether oxygens (including phenoxy) is 1. The normalized spacial score (nSPS) is 14.4. The maximum atomic E-state index is 12.9. The highest BCUT2D eigenvalue weighted by Gasteiger charge is 2.22. The number of nitrogens with one attached hydrogen (secondary N) is 1. The second-order valence-corrected chi connectivity index (χ2v) is 9.17. The number of carbonyl (C=O) groups is 2. The molecule has 0 radical (unpaired) electrons. The first kappa shape index (κ1) is 21.5. The van der Waals surface area contributed by atoms with Crippen LogP contribution in [-0.4, -0.2) is 41.4 Å². The average molecular weight is 456 g/mol. The van der Waals surface area contributed by atoms with Gasteiger partial charge in [-0.05, 0) is 36.8 Å². The van der Waals surface area contributed by atoms with Gasteiger partial charge in [-0.15, -0.1) is 22.7 Å². The number of hydrogen-bond donors (Lipinski definition) is 1. The van der Waals surface area contributed by atoms with Crippen LogP contribution in [0.15, 0.2) is 47.2 Å². The number of aromatic nitrogens is 1. The fraction of sp³-hybridized carbons (Fsp3) is 0.348. The Bertz CT molecular complexity index is 1030. The lowest BCUT2D eigenvalue weighted by atomic mass is 10.0. The van der Waals surface area contributed by atoms with Crippen molar-refractivity contribution < 1.29 is 14.3 Å². The molecule has 2 amide bonds. The van der Waals surface area contributed by atoms with E-state index < -0.39 is 0 Å². The Kier molecular flexibility index (Phi) is 6.99. The molecule has 2 aromatic heterocycles. The number of rotatable bonds is 8. The molecule has 0 spiro atoms. The first-order valence-corrected chi connectivity index (χ1v) is 12.2. The molecule has 1 saturated heterocycles. The molecule has 1 unspecified atom stereocenters. The number of nitrogens with zero attached hydrogens (tertiary/aromatic N) is 2. The number of para-hydroxylation sites is 1. The monoisotopic (exact) mass is 455 g/mol. The first-order valence-electron chi connectivity index (χ1n) is 10.5. The van der Waals surface area contributed by atoms with Crippen LogP contribution in [0.5, 0.6) is 5.75 Å². The largest absolute Gasteiger partial charge is 0.483 e. The second kappa shape index (κ2) is 10.1. The zero-order valence-electron chi connectivity index (χ0n) is 17.4. The van der Waals surface area contributed by atoms with E-state index in [2.05, 4.69) is 10.3 Å². The Hall–Kier alpha value is -2.71. The third-order valence-corrected chi connectivity index (χ3v) is 7.17. The quantitative estimate of drug-likeness (QED) is 0.532. The van der Waals surface area contributed by atoms with Crippen molar-refractivity contribution in [2.45, 2.75) is 32.2 Å². The Morgan fingerprint density at radius 1 is 1.16 bits per heavy atom. The fourth-order valence-electron chi connectivity index (χ4n) is 3.62. The van der Waals surface area contributed by atoms with Gasteiger partial charge in [-0.1, -0.05) is 31.2 Å². The second-order valence-electron chi connectivity index (χ2n) is 7.36. The van der Waals surface area contributed by atoms with Crippen LogP contribution in [0.25, 0.3) is 9.88 Å². The van der Waals surface area contributed by atoms with E-state index >= 15 is 0 Å². The van der Waals surface area contributed by atoms with Crippen molar-refractivity contribution in [2.24, 2.45) is 0 Å². The lowest BCUT2D eigenvalue weighted by Crippen LogP contribution is -2.32. The van der Waals surface area contributed by atoms with Crippen LogP contribution in [0.4, 0.5) is 0 Å². The highest BCUT2D eigenvalue weighted by Crippen LogP contribution is 2.30. The maximum Gasteiger partial charge on any atom is 0.271 e. The summed E-state index contributed by atoms with van der Waals surface area (Å²) in [6, 6.07) is 11.3. The molecule has 1 aliphatic rings. The van der Waals surface area contributed by atoms with E-state index in [1.165, 1.54) is 11.3 Å². The summed E-state index contributed by atoms with van der Waals surface area (Å²) in [6.45, 7) is 3.63. The molecule has 1 aromatic carbocycles. The van der Waals surface area contributed by atoms with E-state index in [-0.39, 0.29) is 24.5 Å². The van der Waals surface area contributed by atoms with Crippen LogP contribution in [0.2, 0.25) is 0 Å². The zero-order chi connectivity index (χ0) is 21.6. The number of hydrogen-bond acceptors (Lipinski definition) is 6. The summed E-state index contributed by atoms with van der Waals surface area (Å²) in [7, 11) is 0. The fourth-order valence-corrected chi connectivity index (χ4v) is 5.23. The van der Waals surface area contributed by atoms with Crippen molar-refractivity contribution in [1.82, 2.24) is 15.2 Å². The summed E-state index contributed by atoms with van der Waals surface area (Å²) in [5.74, 6) is 0.418. The van der Waals surface area contributed by atoms with Crippen molar-refractivity contribution in [2.75, 3.05) is 19.7 Å². The lowest BCUT2D eigenvalue weighted by Gasteiger charge is -2.21. The predicted octanol–water partition coefficient (Wildman–Crippen LogP) is 4.75. The van der Waals surface area contributed by atoms with Crippen LogP contribution in [0, 0.1) is 0 Å². The number of benzene rings is 1. The van der Waals surface area contributed by atoms with Gasteiger partial charge in [0, 0.05) is 24.0 Å². The minimum Gasteiger partial charge on any atom is -0.483 e. The standard InChI is InChI=1S/C23H25N3O3S2/c1-2-17(24-22(28)18-15-31-23(25-18)20-10-7-13-30-20)16-8-3-4-9-19(16)29-14-21(27)26-11-5-6-12-26/h3-4,7-10,13,15,17H,2,5-6,11-12,14H2,1H3,(H,24,28). The van der Waals surface area contributed by atoms with E-state index in [0.717, 1.165) is 41.4 Å². The highest BCUT2D eigenvalue weighted by molar-refractivity contribution is 7.20. The predicted molar refractivity (Wildman–Crippen MR) is 124 cm³/mol. The molecular formula is C23H25N3O3S2. The molecule has 0 aliphatic carbocycles. The van der Waals surface area contributed by atoms with Crippen LogP contribution in [0.3, 0.4) is 0 Å². The molecule has 1 aliphatic heterocycles. The van der Waals surface area contributed by atoms with Crippen molar-refractivity contribution in [3.8, 4) is 15.6 Å². The average Bonchev–Trinajstić information content (AvgIpc) is 3.57. The van der Waals surface area contributed by atoms with Gasteiger partial charge >= 0.3 is 0 Å². The van der Waals surface area contributed by atoms with E-state index in [1.54, 1.807) is 16.7 Å². The molecule has 162 valence electrons. The topological polar surface area (TPSA) is 71.5 Å². The molecule has 31 heavy (non-hydrogen) atoms. The van der Waals surface area contributed by atoms with Crippen molar-refractivity contribution >= 4 is 34.5 Å². The van der Waals surface area contributed by atoms with Gasteiger partial charge in [0.05, 0.1) is 10.9 Å². The Morgan fingerprint density at radius 2 is 1.97 bits per heavy atom. The number of thiazole rings is 1. The van der Waals surface area contributed by atoms with Crippen molar-refractivity contribution in [3.05, 3.63) is 58.4 Å². The maximum absolute atomic E-state index is 12.9. The van der Waals surface area contributed by atoms with Crippen LogP contribution >= 0.6 is 22.7 Å². The number of carbonyl (C=O) groups excluding carboxylic acids is 2. The SMILES string of the molecule is CCC(NC(=O)c1csc(-c2cccs2)n1)c1ccccc1OCC(=O)N1CCCC1. The van der Waals surface area contributed by atoms with Gasteiger partial charge in [-0.2, -0.15) is 0 Å².